The molecule has 0 radical (unpaired) electrons. The number of amides is 1. The van der Waals surface area contributed by atoms with E-state index in [9.17, 15) is 4.79 Å². The van der Waals surface area contributed by atoms with Gasteiger partial charge in [0.15, 0.2) is 0 Å². The van der Waals surface area contributed by atoms with E-state index in [4.69, 9.17) is 0 Å². The third kappa shape index (κ3) is 4.65. The van der Waals surface area contributed by atoms with Crippen LogP contribution in [0.5, 0.6) is 0 Å². The molecule has 0 spiro atoms. The minimum Gasteiger partial charge on any atom is -0.350 e. The van der Waals surface area contributed by atoms with E-state index in [0.29, 0.717) is 24.8 Å². The van der Waals surface area contributed by atoms with Crippen molar-refractivity contribution in [2.24, 2.45) is 11.8 Å². The maximum absolute atomic E-state index is 12.2. The van der Waals surface area contributed by atoms with Crippen LogP contribution >= 0.6 is 11.3 Å². The first-order chi connectivity index (χ1) is 11.7. The summed E-state index contributed by atoms with van der Waals surface area (Å²) in [5, 5.41) is 9.47. The van der Waals surface area contributed by atoms with Gasteiger partial charge in [0.1, 0.15) is 5.01 Å². The Hall–Kier alpha value is -1.72. The maximum Gasteiger partial charge on any atom is 0.220 e. The van der Waals surface area contributed by atoms with Crippen LogP contribution in [-0.2, 0) is 11.3 Å². The molecule has 1 saturated heterocycles. The molecule has 128 valence electrons. The lowest BCUT2D eigenvalue weighted by Crippen LogP contribution is -2.35. The van der Waals surface area contributed by atoms with Gasteiger partial charge in [-0.2, -0.15) is 0 Å². The van der Waals surface area contributed by atoms with E-state index in [1.165, 1.54) is 12.8 Å². The molecule has 1 aromatic carbocycles. The second-order valence-electron chi connectivity index (χ2n) is 6.57. The van der Waals surface area contributed by atoms with Crippen LogP contribution in [0.15, 0.2) is 35.7 Å². The van der Waals surface area contributed by atoms with E-state index >= 15 is 0 Å². The Balaban J connectivity index is 1.47. The molecule has 1 aromatic heterocycles. The number of piperidine rings is 1. The fraction of sp³-hybridized carbons (Fsp3) is 0.474. The monoisotopic (exact) mass is 343 g/mol. The molecule has 4 nitrogen and oxygen atoms in total. The first kappa shape index (κ1) is 17.1. The smallest absolute Gasteiger partial charge is 0.220 e. The standard InChI is InChI=1S/C19H25N3OS/c1-14(16-8-5-9-20-11-16)10-18(23)21-12-17-13-24-19(22-17)15-6-3-2-4-7-15/h2-4,6-7,13-14,16,20H,5,8-12H2,1H3,(H,21,23). The minimum absolute atomic E-state index is 0.127. The fourth-order valence-electron chi connectivity index (χ4n) is 3.19. The van der Waals surface area contributed by atoms with Gasteiger partial charge in [0, 0.05) is 17.4 Å². The molecule has 0 aliphatic carbocycles. The van der Waals surface area contributed by atoms with Gasteiger partial charge >= 0.3 is 0 Å². The third-order valence-electron chi connectivity index (χ3n) is 4.69. The predicted molar refractivity (Wildman–Crippen MR) is 98.8 cm³/mol. The molecule has 0 bridgehead atoms. The molecule has 2 atom stereocenters. The van der Waals surface area contributed by atoms with Crippen molar-refractivity contribution < 1.29 is 4.79 Å². The van der Waals surface area contributed by atoms with Crippen molar-refractivity contribution in [3.8, 4) is 10.6 Å². The molecule has 2 N–H and O–H groups in total. The number of hydrogen-bond acceptors (Lipinski definition) is 4. The summed E-state index contributed by atoms with van der Waals surface area (Å²) in [5.41, 5.74) is 2.05. The molecule has 5 heteroatoms. The first-order valence-corrected chi connectivity index (χ1v) is 9.57. The highest BCUT2D eigenvalue weighted by Gasteiger charge is 2.21. The Morgan fingerprint density at radius 1 is 1.42 bits per heavy atom. The van der Waals surface area contributed by atoms with Crippen molar-refractivity contribution in [2.45, 2.75) is 32.7 Å². The van der Waals surface area contributed by atoms with E-state index in [1.807, 2.05) is 23.6 Å². The van der Waals surface area contributed by atoms with Gasteiger partial charge in [-0.3, -0.25) is 4.79 Å². The molecule has 1 aliphatic rings. The normalized spacial score (nSPS) is 19.0. The van der Waals surface area contributed by atoms with Crippen LogP contribution in [0.1, 0.15) is 31.9 Å². The van der Waals surface area contributed by atoms with E-state index in [2.05, 4.69) is 34.7 Å². The van der Waals surface area contributed by atoms with Crippen LogP contribution in [0.2, 0.25) is 0 Å². The summed E-state index contributed by atoms with van der Waals surface area (Å²) in [7, 11) is 0. The SMILES string of the molecule is CC(CC(=O)NCc1csc(-c2ccccc2)n1)C1CCCNC1. The molecule has 1 amide bonds. The number of benzene rings is 1. The highest BCUT2D eigenvalue weighted by molar-refractivity contribution is 7.13. The van der Waals surface area contributed by atoms with Crippen LogP contribution in [0, 0.1) is 11.8 Å². The number of nitrogens with zero attached hydrogens (tertiary/aromatic N) is 1. The van der Waals surface area contributed by atoms with Gasteiger partial charge in [-0.05, 0) is 37.8 Å². The quantitative estimate of drug-likeness (QED) is 0.845. The van der Waals surface area contributed by atoms with Gasteiger partial charge < -0.3 is 10.6 Å². The topological polar surface area (TPSA) is 54.0 Å². The summed E-state index contributed by atoms with van der Waals surface area (Å²) >= 11 is 1.62. The molecule has 3 rings (SSSR count). The number of hydrogen-bond donors (Lipinski definition) is 2. The highest BCUT2D eigenvalue weighted by atomic mass is 32.1. The Morgan fingerprint density at radius 2 is 2.25 bits per heavy atom. The van der Waals surface area contributed by atoms with Crippen molar-refractivity contribution in [2.75, 3.05) is 13.1 Å². The number of carbonyl (C=O) groups excluding carboxylic acids is 1. The van der Waals surface area contributed by atoms with Crippen LogP contribution in [0.3, 0.4) is 0 Å². The van der Waals surface area contributed by atoms with Gasteiger partial charge in [0.25, 0.3) is 0 Å². The Bertz CT molecular complexity index is 650. The summed E-state index contributed by atoms with van der Waals surface area (Å²) in [6.07, 6.45) is 3.05. The van der Waals surface area contributed by atoms with Crippen LogP contribution in [-0.4, -0.2) is 24.0 Å². The summed E-state index contributed by atoms with van der Waals surface area (Å²) in [6, 6.07) is 10.1. The van der Waals surface area contributed by atoms with E-state index in [-0.39, 0.29) is 5.91 Å². The molecule has 1 fully saturated rings. The van der Waals surface area contributed by atoms with E-state index in [0.717, 1.165) is 29.4 Å². The van der Waals surface area contributed by atoms with Crippen LogP contribution < -0.4 is 10.6 Å². The largest absolute Gasteiger partial charge is 0.350 e. The van der Waals surface area contributed by atoms with Crippen molar-refractivity contribution in [3.63, 3.8) is 0 Å². The summed E-state index contributed by atoms with van der Waals surface area (Å²) in [5.74, 6) is 1.17. The lowest BCUT2D eigenvalue weighted by molar-refractivity contribution is -0.122. The van der Waals surface area contributed by atoms with Gasteiger partial charge in [0.2, 0.25) is 5.91 Å². The molecule has 2 heterocycles. The summed E-state index contributed by atoms with van der Waals surface area (Å²) in [4.78, 5) is 16.8. The Labute approximate surface area is 147 Å². The average molecular weight is 343 g/mol. The number of aromatic nitrogens is 1. The van der Waals surface area contributed by atoms with Crippen molar-refractivity contribution in [1.29, 1.82) is 0 Å². The maximum atomic E-state index is 12.2. The predicted octanol–water partition coefficient (Wildman–Crippen LogP) is 3.45. The van der Waals surface area contributed by atoms with Crippen molar-refractivity contribution >= 4 is 17.2 Å². The molecule has 1 aliphatic heterocycles. The zero-order valence-corrected chi connectivity index (χ0v) is 14.9. The Kier molecular flexibility index (Phi) is 5.99. The van der Waals surface area contributed by atoms with Gasteiger partial charge in [-0.1, -0.05) is 37.3 Å². The lowest BCUT2D eigenvalue weighted by Gasteiger charge is -2.27. The summed E-state index contributed by atoms with van der Waals surface area (Å²) in [6.45, 7) is 4.86. The fourth-order valence-corrected chi connectivity index (χ4v) is 4.01. The molecule has 24 heavy (non-hydrogen) atoms. The number of rotatable bonds is 6. The minimum atomic E-state index is 0.127. The van der Waals surface area contributed by atoms with E-state index < -0.39 is 0 Å². The second-order valence-corrected chi connectivity index (χ2v) is 7.43. The average Bonchev–Trinajstić information content (AvgIpc) is 3.10. The number of nitrogens with one attached hydrogen (secondary N) is 2. The van der Waals surface area contributed by atoms with Crippen LogP contribution in [0.25, 0.3) is 10.6 Å². The number of carbonyl (C=O) groups is 1. The van der Waals surface area contributed by atoms with Crippen molar-refractivity contribution in [3.05, 3.63) is 41.4 Å². The van der Waals surface area contributed by atoms with Crippen LogP contribution in [0.4, 0.5) is 0 Å². The molecular weight excluding hydrogens is 318 g/mol. The third-order valence-corrected chi connectivity index (χ3v) is 5.63. The number of thiazole rings is 1. The Morgan fingerprint density at radius 3 is 3.00 bits per heavy atom. The lowest BCUT2D eigenvalue weighted by atomic mass is 9.85. The van der Waals surface area contributed by atoms with Gasteiger partial charge in [0.05, 0.1) is 12.2 Å². The highest BCUT2D eigenvalue weighted by Crippen LogP contribution is 2.24. The zero-order chi connectivity index (χ0) is 16.8. The van der Waals surface area contributed by atoms with E-state index in [1.54, 1.807) is 11.3 Å². The summed E-state index contributed by atoms with van der Waals surface area (Å²) < 4.78 is 0. The van der Waals surface area contributed by atoms with Gasteiger partial charge in [-0.25, -0.2) is 4.98 Å². The second kappa shape index (κ2) is 8.40. The molecule has 2 aromatic rings. The molecule has 2 unspecified atom stereocenters. The van der Waals surface area contributed by atoms with Crippen molar-refractivity contribution in [1.82, 2.24) is 15.6 Å². The zero-order valence-electron chi connectivity index (χ0n) is 14.1. The molecule has 0 saturated carbocycles. The molecular formula is C19H25N3OS. The van der Waals surface area contributed by atoms with Gasteiger partial charge in [-0.15, -0.1) is 11.3 Å². The first-order valence-electron chi connectivity index (χ1n) is 8.69.